The second kappa shape index (κ2) is 5.17. The maximum Gasteiger partial charge on any atom is 0.255 e. The average Bonchev–Trinajstić information content (AvgIpc) is 2.47. The summed E-state index contributed by atoms with van der Waals surface area (Å²) in [6.45, 7) is 1.98. The van der Waals surface area contributed by atoms with E-state index in [2.05, 4.69) is 5.32 Å². The fourth-order valence-electron chi connectivity index (χ4n) is 2.32. The van der Waals surface area contributed by atoms with Crippen molar-refractivity contribution >= 4 is 22.4 Å². The number of hydrogen-bond acceptors (Lipinski definition) is 1. The largest absolute Gasteiger partial charge is 0.321 e. The molecule has 0 spiro atoms. The minimum absolute atomic E-state index is 0.0787. The second-order valence-electron chi connectivity index (χ2n) is 4.85. The van der Waals surface area contributed by atoms with E-state index in [1.54, 1.807) is 0 Å². The Kier molecular flexibility index (Phi) is 3.21. The highest BCUT2D eigenvalue weighted by atomic mass is 16.1. The van der Waals surface area contributed by atoms with Gasteiger partial charge in [0.2, 0.25) is 0 Å². The van der Waals surface area contributed by atoms with Crippen LogP contribution >= 0.6 is 0 Å². The summed E-state index contributed by atoms with van der Waals surface area (Å²) in [5.74, 6) is -0.0787. The fraction of sp³-hybridized carbons (Fsp3) is 0.0556. The molecule has 0 radical (unpaired) electrons. The van der Waals surface area contributed by atoms with E-state index in [1.165, 1.54) is 0 Å². The molecule has 0 aromatic heterocycles. The van der Waals surface area contributed by atoms with Crippen LogP contribution in [0.3, 0.4) is 0 Å². The quantitative estimate of drug-likeness (QED) is 0.727. The molecule has 3 rings (SSSR count). The number of anilines is 1. The number of aryl methyl sites for hydroxylation is 1. The van der Waals surface area contributed by atoms with Crippen molar-refractivity contribution < 1.29 is 4.79 Å². The molecule has 0 fully saturated rings. The predicted octanol–water partition coefficient (Wildman–Crippen LogP) is 4.40. The maximum absolute atomic E-state index is 12.3. The number of amides is 1. The molecule has 0 aliphatic heterocycles. The number of nitrogens with one attached hydrogen (secondary N) is 1. The van der Waals surface area contributed by atoms with Gasteiger partial charge in [-0.25, -0.2) is 0 Å². The van der Waals surface area contributed by atoms with Crippen LogP contribution in [0.4, 0.5) is 5.69 Å². The summed E-state index contributed by atoms with van der Waals surface area (Å²) in [6.07, 6.45) is 0. The van der Waals surface area contributed by atoms with Gasteiger partial charge in [0, 0.05) is 16.6 Å². The minimum atomic E-state index is -0.0787. The summed E-state index contributed by atoms with van der Waals surface area (Å²) in [7, 11) is 0. The number of rotatable bonds is 2. The van der Waals surface area contributed by atoms with Gasteiger partial charge in [0.25, 0.3) is 5.91 Å². The van der Waals surface area contributed by atoms with Gasteiger partial charge in [-0.1, -0.05) is 54.1 Å². The van der Waals surface area contributed by atoms with Crippen LogP contribution in [0.15, 0.2) is 66.7 Å². The van der Waals surface area contributed by atoms with Crippen LogP contribution in [0.5, 0.6) is 0 Å². The number of hydrogen-bond donors (Lipinski definition) is 1. The Morgan fingerprint density at radius 1 is 0.900 bits per heavy atom. The Bertz CT molecular complexity index is 772. The van der Waals surface area contributed by atoms with E-state index in [0.29, 0.717) is 5.56 Å². The zero-order valence-corrected chi connectivity index (χ0v) is 11.3. The molecule has 98 valence electrons. The number of carbonyl (C=O) groups is 1. The smallest absolute Gasteiger partial charge is 0.255 e. The highest BCUT2D eigenvalue weighted by molar-refractivity contribution is 6.09. The van der Waals surface area contributed by atoms with E-state index in [1.807, 2.05) is 73.7 Å². The van der Waals surface area contributed by atoms with Gasteiger partial charge in [0.1, 0.15) is 0 Å². The van der Waals surface area contributed by atoms with Crippen molar-refractivity contribution in [1.29, 1.82) is 0 Å². The van der Waals surface area contributed by atoms with E-state index in [0.717, 1.165) is 22.0 Å². The van der Waals surface area contributed by atoms with Gasteiger partial charge >= 0.3 is 0 Å². The molecule has 0 saturated heterocycles. The molecule has 2 nitrogen and oxygen atoms in total. The Morgan fingerprint density at radius 3 is 2.50 bits per heavy atom. The van der Waals surface area contributed by atoms with E-state index in [9.17, 15) is 4.79 Å². The lowest BCUT2D eigenvalue weighted by atomic mass is 10.1. The summed E-state index contributed by atoms with van der Waals surface area (Å²) < 4.78 is 0. The van der Waals surface area contributed by atoms with Crippen LogP contribution < -0.4 is 5.32 Å². The molecule has 1 amide bonds. The Balaban J connectivity index is 1.95. The Hall–Kier alpha value is -2.61. The lowest BCUT2D eigenvalue weighted by Crippen LogP contribution is -2.12. The second-order valence-corrected chi connectivity index (χ2v) is 4.85. The predicted molar refractivity (Wildman–Crippen MR) is 83.1 cm³/mol. The van der Waals surface area contributed by atoms with Gasteiger partial charge in [-0.3, -0.25) is 4.79 Å². The van der Waals surface area contributed by atoms with Gasteiger partial charge in [-0.15, -0.1) is 0 Å². The summed E-state index contributed by atoms with van der Waals surface area (Å²) in [6, 6.07) is 21.5. The third-order valence-corrected chi connectivity index (χ3v) is 3.32. The highest BCUT2D eigenvalue weighted by Crippen LogP contribution is 2.23. The summed E-state index contributed by atoms with van der Waals surface area (Å²) >= 11 is 0. The molecule has 0 heterocycles. The monoisotopic (exact) mass is 261 g/mol. The fourth-order valence-corrected chi connectivity index (χ4v) is 2.32. The van der Waals surface area contributed by atoms with Crippen molar-refractivity contribution in [2.45, 2.75) is 6.92 Å². The molecule has 0 saturated carbocycles. The lowest BCUT2D eigenvalue weighted by molar-refractivity contribution is 0.102. The molecule has 2 heteroatoms. The molecule has 1 N–H and O–H groups in total. The molecular formula is C18H15NO. The molecule has 20 heavy (non-hydrogen) atoms. The van der Waals surface area contributed by atoms with E-state index < -0.39 is 0 Å². The standard InChI is InChI=1S/C18H15NO/c1-13-6-4-9-15(12-13)18(20)19-17-11-5-8-14-7-2-3-10-16(14)17/h2-12H,1H3,(H,19,20). The normalized spacial score (nSPS) is 10.4. The van der Waals surface area contributed by atoms with Crippen LogP contribution in [-0.2, 0) is 0 Å². The van der Waals surface area contributed by atoms with Crippen LogP contribution in [0.1, 0.15) is 15.9 Å². The molecule has 0 atom stereocenters. The lowest BCUT2D eigenvalue weighted by Gasteiger charge is -2.09. The van der Waals surface area contributed by atoms with Crippen LogP contribution in [-0.4, -0.2) is 5.91 Å². The van der Waals surface area contributed by atoms with E-state index >= 15 is 0 Å². The Labute approximate surface area is 118 Å². The molecule has 3 aromatic rings. The van der Waals surface area contributed by atoms with Crippen molar-refractivity contribution in [3.05, 3.63) is 77.9 Å². The van der Waals surface area contributed by atoms with Gasteiger partial charge in [-0.2, -0.15) is 0 Å². The van der Waals surface area contributed by atoms with E-state index in [4.69, 9.17) is 0 Å². The molecule has 0 aliphatic carbocycles. The first kappa shape index (κ1) is 12.4. The summed E-state index contributed by atoms with van der Waals surface area (Å²) in [4.78, 5) is 12.3. The van der Waals surface area contributed by atoms with Crippen molar-refractivity contribution in [3.63, 3.8) is 0 Å². The maximum atomic E-state index is 12.3. The molecule has 0 unspecified atom stereocenters. The van der Waals surface area contributed by atoms with Crippen molar-refractivity contribution in [1.82, 2.24) is 0 Å². The topological polar surface area (TPSA) is 29.1 Å². The van der Waals surface area contributed by atoms with Crippen LogP contribution in [0.2, 0.25) is 0 Å². The minimum Gasteiger partial charge on any atom is -0.321 e. The highest BCUT2D eigenvalue weighted by Gasteiger charge is 2.07. The van der Waals surface area contributed by atoms with Crippen molar-refractivity contribution in [2.75, 3.05) is 5.32 Å². The van der Waals surface area contributed by atoms with Crippen LogP contribution in [0, 0.1) is 6.92 Å². The van der Waals surface area contributed by atoms with Crippen molar-refractivity contribution in [3.8, 4) is 0 Å². The third-order valence-electron chi connectivity index (χ3n) is 3.32. The van der Waals surface area contributed by atoms with Gasteiger partial charge in [0.05, 0.1) is 0 Å². The third kappa shape index (κ3) is 2.41. The summed E-state index contributed by atoms with van der Waals surface area (Å²) in [5, 5.41) is 5.16. The zero-order valence-electron chi connectivity index (χ0n) is 11.3. The first-order valence-electron chi connectivity index (χ1n) is 6.60. The number of benzene rings is 3. The Morgan fingerprint density at radius 2 is 1.65 bits per heavy atom. The molecule has 3 aromatic carbocycles. The van der Waals surface area contributed by atoms with Gasteiger partial charge in [0.15, 0.2) is 0 Å². The van der Waals surface area contributed by atoms with Gasteiger partial charge in [-0.05, 0) is 30.5 Å². The SMILES string of the molecule is Cc1cccc(C(=O)Nc2cccc3ccccc23)c1. The number of carbonyl (C=O) groups excluding carboxylic acids is 1. The zero-order chi connectivity index (χ0) is 13.9. The first-order valence-corrected chi connectivity index (χ1v) is 6.60. The number of fused-ring (bicyclic) bond motifs is 1. The van der Waals surface area contributed by atoms with Crippen LogP contribution in [0.25, 0.3) is 10.8 Å². The molecule has 0 aliphatic rings. The first-order chi connectivity index (χ1) is 9.74. The average molecular weight is 261 g/mol. The molecule has 0 bridgehead atoms. The van der Waals surface area contributed by atoms with E-state index in [-0.39, 0.29) is 5.91 Å². The van der Waals surface area contributed by atoms with Crippen molar-refractivity contribution in [2.24, 2.45) is 0 Å². The molecular weight excluding hydrogens is 246 g/mol. The van der Waals surface area contributed by atoms with Gasteiger partial charge < -0.3 is 5.32 Å². The summed E-state index contributed by atoms with van der Waals surface area (Å²) in [5.41, 5.74) is 2.60.